The van der Waals surface area contributed by atoms with E-state index in [1.54, 1.807) is 15.9 Å². The number of non-ortho nitro benzene ring substituents is 1. The number of halogens is 3. The fourth-order valence-corrected chi connectivity index (χ4v) is 3.97. The minimum Gasteiger partial charge on any atom is -0.378 e. The molecule has 0 radical (unpaired) electrons. The Morgan fingerprint density at radius 1 is 1.00 bits per heavy atom. The Hall–Kier alpha value is -3.41. The number of anilines is 2. The predicted molar refractivity (Wildman–Crippen MR) is 113 cm³/mol. The average Bonchev–Trinajstić information content (AvgIpc) is 2.83. The lowest BCUT2D eigenvalue weighted by atomic mass is 10.1. The molecule has 0 N–H and O–H groups in total. The van der Waals surface area contributed by atoms with Gasteiger partial charge in [0.2, 0.25) is 0 Å². The highest BCUT2D eigenvalue weighted by Crippen LogP contribution is 2.31. The molecular formula is C21H22F3N5O4. The Kier molecular flexibility index (Phi) is 6.36. The van der Waals surface area contributed by atoms with Gasteiger partial charge in [0.25, 0.3) is 11.6 Å². The van der Waals surface area contributed by atoms with Crippen LogP contribution in [0.4, 0.5) is 30.4 Å². The lowest BCUT2D eigenvalue weighted by Gasteiger charge is -2.36. The van der Waals surface area contributed by atoms with Gasteiger partial charge in [-0.3, -0.25) is 14.9 Å². The number of benzene rings is 1. The topological polar surface area (TPSA) is 92.0 Å². The van der Waals surface area contributed by atoms with Crippen molar-refractivity contribution in [3.8, 4) is 0 Å². The first kappa shape index (κ1) is 22.8. The number of carbonyl (C=O) groups is 1. The molecule has 2 saturated heterocycles. The minimum atomic E-state index is -4.46. The third-order valence-electron chi connectivity index (χ3n) is 5.74. The number of amides is 1. The van der Waals surface area contributed by atoms with E-state index in [0.29, 0.717) is 45.1 Å². The smallest absolute Gasteiger partial charge is 0.378 e. The first-order chi connectivity index (χ1) is 15.7. The van der Waals surface area contributed by atoms with E-state index in [1.807, 2.05) is 4.90 Å². The van der Waals surface area contributed by atoms with Crippen LogP contribution in [0.15, 0.2) is 36.5 Å². The summed E-state index contributed by atoms with van der Waals surface area (Å²) < 4.78 is 44.4. The molecule has 9 nitrogen and oxygen atoms in total. The molecule has 2 aromatic rings. The Morgan fingerprint density at radius 2 is 1.70 bits per heavy atom. The summed E-state index contributed by atoms with van der Waals surface area (Å²) in [6.45, 7) is 3.20. The van der Waals surface area contributed by atoms with E-state index in [9.17, 15) is 28.1 Å². The van der Waals surface area contributed by atoms with Crippen molar-refractivity contribution in [2.24, 2.45) is 0 Å². The number of aromatic nitrogens is 1. The number of carbonyl (C=O) groups excluding carboxylic acids is 1. The number of hydrogen-bond donors (Lipinski definition) is 0. The summed E-state index contributed by atoms with van der Waals surface area (Å²) in [7, 11) is 0. The van der Waals surface area contributed by atoms with E-state index in [-0.39, 0.29) is 36.1 Å². The van der Waals surface area contributed by atoms with Gasteiger partial charge in [-0.05, 0) is 18.2 Å². The Labute approximate surface area is 187 Å². The third-order valence-corrected chi connectivity index (χ3v) is 5.74. The summed E-state index contributed by atoms with van der Waals surface area (Å²) in [5, 5.41) is 11.3. The fourth-order valence-electron chi connectivity index (χ4n) is 3.97. The Balaban J connectivity index is 1.51. The van der Waals surface area contributed by atoms with E-state index in [2.05, 4.69) is 4.98 Å². The predicted octanol–water partition coefficient (Wildman–Crippen LogP) is 2.81. The highest BCUT2D eigenvalue weighted by atomic mass is 19.4. The van der Waals surface area contributed by atoms with Crippen LogP contribution in [0.3, 0.4) is 0 Å². The van der Waals surface area contributed by atoms with Gasteiger partial charge in [-0.25, -0.2) is 4.98 Å². The van der Waals surface area contributed by atoms with Gasteiger partial charge in [-0.15, -0.1) is 0 Å². The molecule has 176 valence electrons. The number of hydrogen-bond acceptors (Lipinski definition) is 7. The maximum absolute atomic E-state index is 13.3. The molecule has 3 heterocycles. The first-order valence-corrected chi connectivity index (χ1v) is 10.4. The largest absolute Gasteiger partial charge is 0.416 e. The van der Waals surface area contributed by atoms with Crippen molar-refractivity contribution in [1.29, 1.82) is 0 Å². The molecule has 0 unspecified atom stereocenters. The molecule has 2 aliphatic rings. The molecule has 0 atom stereocenters. The van der Waals surface area contributed by atoms with Gasteiger partial charge in [0.05, 0.1) is 35.0 Å². The molecule has 12 heteroatoms. The Morgan fingerprint density at radius 3 is 2.33 bits per heavy atom. The SMILES string of the molecule is O=C(c1cc([N+](=O)[O-])ccc1N1CCOCC1)N1CCN(c2cc(C(F)(F)F)ccn2)CC1. The number of morpholine rings is 1. The number of nitro benzene ring substituents is 1. The van der Waals surface area contributed by atoms with Gasteiger partial charge in [-0.2, -0.15) is 13.2 Å². The zero-order valence-electron chi connectivity index (χ0n) is 17.6. The van der Waals surface area contributed by atoms with Crippen LogP contribution in [0.5, 0.6) is 0 Å². The zero-order chi connectivity index (χ0) is 23.6. The van der Waals surface area contributed by atoms with Crippen molar-refractivity contribution in [2.75, 3.05) is 62.3 Å². The van der Waals surface area contributed by atoms with Crippen molar-refractivity contribution in [3.05, 3.63) is 57.8 Å². The molecule has 1 aromatic heterocycles. The van der Waals surface area contributed by atoms with Crippen LogP contribution in [0, 0.1) is 10.1 Å². The molecule has 2 fully saturated rings. The van der Waals surface area contributed by atoms with Crippen molar-refractivity contribution in [3.63, 3.8) is 0 Å². The summed E-state index contributed by atoms with van der Waals surface area (Å²) in [5.74, 6) is -0.155. The van der Waals surface area contributed by atoms with Gasteiger partial charge in [0, 0.05) is 57.6 Å². The summed E-state index contributed by atoms with van der Waals surface area (Å²) in [6.07, 6.45) is -3.35. The molecule has 0 saturated carbocycles. The van der Waals surface area contributed by atoms with Crippen LogP contribution in [0.1, 0.15) is 15.9 Å². The molecular weight excluding hydrogens is 443 g/mol. The summed E-state index contributed by atoms with van der Waals surface area (Å²) in [5.41, 5.74) is -0.118. The number of rotatable bonds is 4. The van der Waals surface area contributed by atoms with Crippen LogP contribution in [0.2, 0.25) is 0 Å². The molecule has 4 rings (SSSR count). The number of pyridine rings is 1. The normalized spacial score (nSPS) is 17.2. The molecule has 1 amide bonds. The van der Waals surface area contributed by atoms with Crippen LogP contribution in [-0.4, -0.2) is 73.2 Å². The van der Waals surface area contributed by atoms with E-state index < -0.39 is 16.7 Å². The molecule has 2 aliphatic heterocycles. The van der Waals surface area contributed by atoms with Crippen molar-refractivity contribution < 1.29 is 27.6 Å². The standard InChI is InChI=1S/C21H22F3N5O4/c22-21(23,24)15-3-4-25-19(13-15)27-5-7-28(8-6-27)20(30)17-14-16(29(31)32)1-2-18(17)26-9-11-33-12-10-26/h1-4,13-14H,5-12H2. The monoisotopic (exact) mass is 465 g/mol. The Bertz CT molecular complexity index is 1030. The number of nitrogens with zero attached hydrogens (tertiary/aromatic N) is 5. The minimum absolute atomic E-state index is 0.179. The van der Waals surface area contributed by atoms with Crippen LogP contribution < -0.4 is 9.80 Å². The first-order valence-electron chi connectivity index (χ1n) is 10.4. The van der Waals surface area contributed by atoms with Crippen molar-refractivity contribution in [1.82, 2.24) is 9.88 Å². The summed E-state index contributed by atoms with van der Waals surface area (Å²) in [4.78, 5) is 33.3. The number of nitro groups is 1. The number of piperazine rings is 1. The molecule has 0 bridgehead atoms. The highest BCUT2D eigenvalue weighted by Gasteiger charge is 2.32. The van der Waals surface area contributed by atoms with E-state index in [0.717, 1.165) is 18.3 Å². The van der Waals surface area contributed by atoms with Crippen LogP contribution in [-0.2, 0) is 10.9 Å². The lowest BCUT2D eigenvalue weighted by Crippen LogP contribution is -2.49. The molecule has 33 heavy (non-hydrogen) atoms. The van der Waals surface area contributed by atoms with E-state index in [4.69, 9.17) is 4.74 Å². The average molecular weight is 465 g/mol. The maximum atomic E-state index is 13.3. The summed E-state index contributed by atoms with van der Waals surface area (Å²) in [6, 6.07) is 6.15. The second-order valence-corrected chi connectivity index (χ2v) is 7.74. The van der Waals surface area contributed by atoms with Gasteiger partial charge in [0.15, 0.2) is 0 Å². The van der Waals surface area contributed by atoms with Gasteiger partial charge < -0.3 is 19.4 Å². The van der Waals surface area contributed by atoms with E-state index >= 15 is 0 Å². The molecule has 0 aliphatic carbocycles. The van der Waals surface area contributed by atoms with Crippen LogP contribution >= 0.6 is 0 Å². The zero-order valence-corrected chi connectivity index (χ0v) is 17.6. The van der Waals surface area contributed by atoms with E-state index in [1.165, 1.54) is 12.1 Å². The maximum Gasteiger partial charge on any atom is 0.416 e. The number of alkyl halides is 3. The van der Waals surface area contributed by atoms with Gasteiger partial charge in [0.1, 0.15) is 5.82 Å². The van der Waals surface area contributed by atoms with Crippen LogP contribution in [0.25, 0.3) is 0 Å². The van der Waals surface area contributed by atoms with Gasteiger partial charge >= 0.3 is 6.18 Å². The third kappa shape index (κ3) is 5.00. The van der Waals surface area contributed by atoms with Gasteiger partial charge in [-0.1, -0.05) is 0 Å². The lowest BCUT2D eigenvalue weighted by molar-refractivity contribution is -0.384. The fraction of sp³-hybridized carbons (Fsp3) is 0.429. The quantitative estimate of drug-likeness (QED) is 0.507. The number of ether oxygens (including phenoxy) is 1. The second-order valence-electron chi connectivity index (χ2n) is 7.74. The highest BCUT2D eigenvalue weighted by molar-refractivity contribution is 6.00. The molecule has 0 spiro atoms. The summed E-state index contributed by atoms with van der Waals surface area (Å²) >= 11 is 0. The second kappa shape index (κ2) is 9.22. The molecule has 1 aromatic carbocycles. The van der Waals surface area contributed by atoms with Crippen molar-refractivity contribution >= 4 is 23.1 Å². The van der Waals surface area contributed by atoms with Crippen molar-refractivity contribution in [2.45, 2.75) is 6.18 Å².